The second kappa shape index (κ2) is 6.41. The van der Waals surface area contributed by atoms with Crippen molar-refractivity contribution in [3.8, 4) is 0 Å². The molecule has 0 spiro atoms. The van der Waals surface area contributed by atoms with Gasteiger partial charge in [-0.3, -0.25) is 4.68 Å². The average molecular weight is 257 g/mol. The lowest BCUT2D eigenvalue weighted by molar-refractivity contribution is 0.659. The fourth-order valence-corrected chi connectivity index (χ4v) is 2.33. The summed E-state index contributed by atoms with van der Waals surface area (Å²) in [6.07, 6.45) is 6.17. The van der Waals surface area contributed by atoms with Gasteiger partial charge >= 0.3 is 0 Å². The van der Waals surface area contributed by atoms with Crippen LogP contribution in [-0.4, -0.2) is 9.78 Å². The normalized spacial score (nSPS) is 10.7. The topological polar surface area (TPSA) is 29.9 Å². The number of nitrogens with zero attached hydrogens (tertiary/aromatic N) is 2. The van der Waals surface area contributed by atoms with Gasteiger partial charge in [0, 0.05) is 30.5 Å². The third kappa shape index (κ3) is 3.16. The molecule has 2 aromatic rings. The zero-order chi connectivity index (χ0) is 13.7. The van der Waals surface area contributed by atoms with Crippen molar-refractivity contribution in [1.29, 1.82) is 0 Å². The molecule has 0 aliphatic carbocycles. The van der Waals surface area contributed by atoms with Crippen molar-refractivity contribution < 1.29 is 0 Å². The number of anilines is 1. The van der Waals surface area contributed by atoms with Crippen molar-refractivity contribution in [2.24, 2.45) is 0 Å². The van der Waals surface area contributed by atoms with Gasteiger partial charge in [-0.05, 0) is 30.9 Å². The third-order valence-corrected chi connectivity index (χ3v) is 3.48. The highest BCUT2D eigenvalue weighted by Crippen LogP contribution is 2.23. The minimum absolute atomic E-state index is 0.837. The largest absolute Gasteiger partial charge is 0.380 e. The Balaban J connectivity index is 2.13. The van der Waals surface area contributed by atoms with Gasteiger partial charge in [-0.25, -0.2) is 0 Å². The number of rotatable bonds is 6. The van der Waals surface area contributed by atoms with Crippen LogP contribution in [-0.2, 0) is 25.9 Å². The molecule has 2 rings (SSSR count). The molecule has 3 nitrogen and oxygen atoms in total. The average Bonchev–Trinajstić information content (AvgIpc) is 2.92. The molecule has 19 heavy (non-hydrogen) atoms. The van der Waals surface area contributed by atoms with Crippen molar-refractivity contribution in [3.05, 3.63) is 47.3 Å². The SMILES string of the molecule is CCc1cccc(CC)c1NCc1cnn(CC)c1. The lowest BCUT2D eigenvalue weighted by atomic mass is 10.0. The third-order valence-electron chi connectivity index (χ3n) is 3.48. The van der Waals surface area contributed by atoms with Crippen LogP contribution >= 0.6 is 0 Å². The highest BCUT2D eigenvalue weighted by Gasteiger charge is 2.06. The Morgan fingerprint density at radius 2 is 1.79 bits per heavy atom. The van der Waals surface area contributed by atoms with Gasteiger partial charge in [-0.15, -0.1) is 0 Å². The molecule has 0 aliphatic rings. The summed E-state index contributed by atoms with van der Waals surface area (Å²) in [5.74, 6) is 0. The number of aromatic nitrogens is 2. The standard InChI is InChI=1S/C16H23N3/c1-4-14-8-7-9-15(5-2)16(14)17-10-13-11-18-19(6-3)12-13/h7-9,11-12,17H,4-6,10H2,1-3H3. The van der Waals surface area contributed by atoms with E-state index in [0.29, 0.717) is 0 Å². The maximum atomic E-state index is 4.31. The van der Waals surface area contributed by atoms with Crippen LogP contribution in [0.15, 0.2) is 30.6 Å². The molecule has 0 amide bonds. The van der Waals surface area contributed by atoms with Gasteiger partial charge in [0.25, 0.3) is 0 Å². The highest BCUT2D eigenvalue weighted by atomic mass is 15.3. The van der Waals surface area contributed by atoms with E-state index in [1.165, 1.54) is 22.4 Å². The molecule has 3 heteroatoms. The summed E-state index contributed by atoms with van der Waals surface area (Å²) in [4.78, 5) is 0. The Labute approximate surface area is 115 Å². The van der Waals surface area contributed by atoms with Crippen molar-refractivity contribution in [1.82, 2.24) is 9.78 Å². The van der Waals surface area contributed by atoms with E-state index < -0.39 is 0 Å². The molecule has 0 saturated carbocycles. The summed E-state index contributed by atoms with van der Waals surface area (Å²) < 4.78 is 1.96. The molecule has 1 aromatic heterocycles. The van der Waals surface area contributed by atoms with Crippen molar-refractivity contribution >= 4 is 5.69 Å². The van der Waals surface area contributed by atoms with Gasteiger partial charge in [-0.1, -0.05) is 32.0 Å². The number of benzene rings is 1. The Morgan fingerprint density at radius 1 is 1.11 bits per heavy atom. The first kappa shape index (κ1) is 13.7. The summed E-state index contributed by atoms with van der Waals surface area (Å²) in [5.41, 5.74) is 5.32. The second-order valence-electron chi connectivity index (χ2n) is 4.72. The summed E-state index contributed by atoms with van der Waals surface area (Å²) in [5, 5.41) is 7.89. The lowest BCUT2D eigenvalue weighted by Crippen LogP contribution is -2.04. The van der Waals surface area contributed by atoms with Gasteiger partial charge < -0.3 is 5.32 Å². The molecule has 1 aromatic carbocycles. The number of hydrogen-bond acceptors (Lipinski definition) is 2. The molecule has 0 aliphatic heterocycles. The smallest absolute Gasteiger partial charge is 0.0539 e. The molecule has 1 N–H and O–H groups in total. The zero-order valence-electron chi connectivity index (χ0n) is 12.1. The first-order valence-electron chi connectivity index (χ1n) is 7.14. The number of para-hydroxylation sites is 1. The molecule has 0 bridgehead atoms. The van der Waals surface area contributed by atoms with Crippen molar-refractivity contribution in [3.63, 3.8) is 0 Å². The molecular weight excluding hydrogens is 234 g/mol. The van der Waals surface area contributed by atoms with Gasteiger partial charge in [0.1, 0.15) is 0 Å². The van der Waals surface area contributed by atoms with Gasteiger partial charge in [-0.2, -0.15) is 5.10 Å². The summed E-state index contributed by atoms with van der Waals surface area (Å²) >= 11 is 0. The first-order chi connectivity index (χ1) is 9.28. The van der Waals surface area contributed by atoms with E-state index in [2.05, 4.69) is 55.6 Å². The molecule has 0 unspecified atom stereocenters. The molecule has 0 atom stereocenters. The Morgan fingerprint density at radius 3 is 2.32 bits per heavy atom. The van der Waals surface area contributed by atoms with E-state index in [4.69, 9.17) is 0 Å². The molecule has 0 radical (unpaired) electrons. The Kier molecular flexibility index (Phi) is 4.61. The lowest BCUT2D eigenvalue weighted by Gasteiger charge is -2.14. The van der Waals surface area contributed by atoms with Gasteiger partial charge in [0.05, 0.1) is 6.20 Å². The van der Waals surface area contributed by atoms with Crippen LogP contribution in [0.2, 0.25) is 0 Å². The predicted octanol–water partition coefficient (Wildman–Crippen LogP) is 3.64. The number of hydrogen-bond donors (Lipinski definition) is 1. The van der Waals surface area contributed by atoms with E-state index in [1.807, 2.05) is 10.9 Å². The van der Waals surface area contributed by atoms with Crippen LogP contribution < -0.4 is 5.32 Å². The number of aryl methyl sites for hydroxylation is 3. The fraction of sp³-hybridized carbons (Fsp3) is 0.438. The van der Waals surface area contributed by atoms with Gasteiger partial charge in [0.15, 0.2) is 0 Å². The summed E-state index contributed by atoms with van der Waals surface area (Å²) in [7, 11) is 0. The van der Waals surface area contributed by atoms with Crippen molar-refractivity contribution in [2.75, 3.05) is 5.32 Å². The first-order valence-corrected chi connectivity index (χ1v) is 7.14. The molecule has 0 fully saturated rings. The van der Waals surface area contributed by atoms with Crippen LogP contribution in [0.1, 0.15) is 37.5 Å². The summed E-state index contributed by atoms with van der Waals surface area (Å²) in [6, 6.07) is 6.56. The van der Waals surface area contributed by atoms with Crippen LogP contribution in [0.25, 0.3) is 0 Å². The van der Waals surface area contributed by atoms with Crippen LogP contribution in [0.5, 0.6) is 0 Å². The molecular formula is C16H23N3. The van der Waals surface area contributed by atoms with E-state index >= 15 is 0 Å². The zero-order valence-corrected chi connectivity index (χ0v) is 12.1. The number of nitrogens with one attached hydrogen (secondary N) is 1. The van der Waals surface area contributed by atoms with Crippen LogP contribution in [0.4, 0.5) is 5.69 Å². The molecule has 0 saturated heterocycles. The van der Waals surface area contributed by atoms with E-state index in [0.717, 1.165) is 25.9 Å². The maximum Gasteiger partial charge on any atom is 0.0539 e. The molecule has 1 heterocycles. The van der Waals surface area contributed by atoms with Crippen molar-refractivity contribution in [2.45, 2.75) is 46.7 Å². The van der Waals surface area contributed by atoms with E-state index in [1.54, 1.807) is 0 Å². The highest BCUT2D eigenvalue weighted by molar-refractivity contribution is 5.58. The quantitative estimate of drug-likeness (QED) is 0.856. The maximum absolute atomic E-state index is 4.31. The monoisotopic (exact) mass is 257 g/mol. The minimum atomic E-state index is 0.837. The van der Waals surface area contributed by atoms with Crippen LogP contribution in [0, 0.1) is 0 Å². The summed E-state index contributed by atoms with van der Waals surface area (Å²) in [6.45, 7) is 8.27. The Bertz CT molecular complexity index is 506. The fourth-order valence-electron chi connectivity index (χ4n) is 2.33. The minimum Gasteiger partial charge on any atom is -0.380 e. The van der Waals surface area contributed by atoms with Gasteiger partial charge in [0.2, 0.25) is 0 Å². The Hall–Kier alpha value is -1.77. The second-order valence-corrected chi connectivity index (χ2v) is 4.72. The predicted molar refractivity (Wildman–Crippen MR) is 80.4 cm³/mol. The van der Waals surface area contributed by atoms with E-state index in [9.17, 15) is 0 Å². The molecule has 102 valence electrons. The van der Waals surface area contributed by atoms with Crippen LogP contribution in [0.3, 0.4) is 0 Å². The van der Waals surface area contributed by atoms with E-state index in [-0.39, 0.29) is 0 Å².